The summed E-state index contributed by atoms with van der Waals surface area (Å²) in [5.41, 5.74) is 21.4. The average Bonchev–Trinajstić information content (AvgIpc) is 2.49. The van der Waals surface area contributed by atoms with Gasteiger partial charge in [-0.1, -0.05) is 6.42 Å². The summed E-state index contributed by atoms with van der Waals surface area (Å²) in [6.45, 7) is 1.93. The minimum Gasteiger partial charge on any atom is -0.481 e. The molecule has 0 aromatic carbocycles. The Morgan fingerprint density at radius 1 is 1.08 bits per heavy atom. The van der Waals surface area contributed by atoms with Gasteiger partial charge in [-0.3, -0.25) is 14.6 Å². The van der Waals surface area contributed by atoms with E-state index >= 15 is 0 Å². The van der Waals surface area contributed by atoms with E-state index in [2.05, 4.69) is 10.3 Å². The molecule has 0 aliphatic heterocycles. The molecule has 0 aromatic rings. The number of guanidine groups is 1. The van der Waals surface area contributed by atoms with Crippen LogP contribution in [-0.4, -0.2) is 59.2 Å². The Morgan fingerprint density at radius 3 is 2.08 bits per heavy atom. The molecule has 0 aromatic heterocycles. The number of carbonyl (C=O) groups is 3. The summed E-state index contributed by atoms with van der Waals surface area (Å²) in [6, 6.07) is -1.72. The van der Waals surface area contributed by atoms with Crippen LogP contribution < -0.4 is 28.3 Å². The van der Waals surface area contributed by atoms with Gasteiger partial charge in [0.05, 0.1) is 6.04 Å². The molecule has 0 rings (SSSR count). The van der Waals surface area contributed by atoms with Crippen molar-refractivity contribution in [2.75, 3.05) is 13.1 Å². The van der Waals surface area contributed by atoms with E-state index in [1.54, 1.807) is 0 Å². The fraction of sp³-hybridized carbons (Fsp3) is 0.714. The van der Waals surface area contributed by atoms with Crippen molar-refractivity contribution >= 4 is 23.8 Å². The van der Waals surface area contributed by atoms with E-state index < -0.39 is 29.9 Å². The van der Waals surface area contributed by atoms with E-state index in [-0.39, 0.29) is 12.4 Å². The van der Waals surface area contributed by atoms with Crippen molar-refractivity contribution in [3.05, 3.63) is 0 Å². The van der Waals surface area contributed by atoms with E-state index in [1.807, 2.05) is 0 Å². The van der Waals surface area contributed by atoms with Crippen LogP contribution in [0.2, 0.25) is 0 Å². The van der Waals surface area contributed by atoms with Crippen LogP contribution in [0.15, 0.2) is 4.99 Å². The first kappa shape index (κ1) is 24.8. The Morgan fingerprint density at radius 2 is 1.64 bits per heavy atom. The average molecular weight is 362 g/mol. The molecule has 0 saturated carbocycles. The number of rotatable bonds is 11. The molecule has 0 saturated heterocycles. The molecule has 0 bridgehead atoms. The van der Waals surface area contributed by atoms with Gasteiger partial charge in [0.25, 0.3) is 5.97 Å². The van der Waals surface area contributed by atoms with Gasteiger partial charge in [0.2, 0.25) is 5.91 Å². The van der Waals surface area contributed by atoms with E-state index in [0.29, 0.717) is 25.9 Å². The number of amides is 1. The van der Waals surface area contributed by atoms with Crippen molar-refractivity contribution in [3.63, 3.8) is 0 Å². The molecule has 0 spiro atoms. The Hall–Kier alpha value is -2.40. The number of aliphatic carboxylic acids is 2. The van der Waals surface area contributed by atoms with Gasteiger partial charge in [0.15, 0.2) is 5.96 Å². The number of carbonyl (C=O) groups excluding carboxylic acids is 1. The SMILES string of the molecule is CC(=O)O.NCCCCC(N)C(=O)NC(CCCN=C(N)N)C(=O)O. The quantitative estimate of drug-likeness (QED) is 0.124. The zero-order chi connectivity index (χ0) is 19.8. The van der Waals surface area contributed by atoms with Crippen LogP contribution in [0.25, 0.3) is 0 Å². The van der Waals surface area contributed by atoms with Gasteiger partial charge in [-0.2, -0.15) is 0 Å². The van der Waals surface area contributed by atoms with Crippen LogP contribution in [0.1, 0.15) is 39.0 Å². The molecule has 0 aliphatic rings. The second-order valence-electron chi connectivity index (χ2n) is 5.26. The summed E-state index contributed by atoms with van der Waals surface area (Å²) in [7, 11) is 0. The first-order chi connectivity index (χ1) is 11.6. The van der Waals surface area contributed by atoms with Crippen LogP contribution in [0.3, 0.4) is 0 Å². The van der Waals surface area contributed by atoms with Gasteiger partial charge in [-0.25, -0.2) is 4.79 Å². The fourth-order valence-corrected chi connectivity index (χ4v) is 1.68. The Bertz CT molecular complexity index is 435. The van der Waals surface area contributed by atoms with Crippen molar-refractivity contribution < 1.29 is 24.6 Å². The van der Waals surface area contributed by atoms with Gasteiger partial charge in [0.1, 0.15) is 6.04 Å². The van der Waals surface area contributed by atoms with Gasteiger partial charge < -0.3 is 38.5 Å². The fourth-order valence-electron chi connectivity index (χ4n) is 1.68. The zero-order valence-electron chi connectivity index (χ0n) is 14.5. The predicted octanol–water partition coefficient (Wildman–Crippen LogP) is -1.84. The van der Waals surface area contributed by atoms with Crippen LogP contribution in [-0.2, 0) is 14.4 Å². The summed E-state index contributed by atoms with van der Waals surface area (Å²) in [5, 5.41) is 18.9. The molecule has 0 fully saturated rings. The molecule has 2 unspecified atom stereocenters. The van der Waals surface area contributed by atoms with Gasteiger partial charge in [-0.05, 0) is 32.2 Å². The molecular formula is C14H30N6O5. The second kappa shape index (κ2) is 15.1. The van der Waals surface area contributed by atoms with E-state index in [1.165, 1.54) is 0 Å². The molecule has 11 heteroatoms. The number of aliphatic imine (C=N–C) groups is 1. The number of hydrogen-bond donors (Lipinski definition) is 7. The maximum atomic E-state index is 11.8. The van der Waals surface area contributed by atoms with E-state index in [0.717, 1.165) is 19.8 Å². The van der Waals surface area contributed by atoms with E-state index in [9.17, 15) is 9.59 Å². The van der Waals surface area contributed by atoms with Crippen molar-refractivity contribution in [2.24, 2.45) is 27.9 Å². The maximum Gasteiger partial charge on any atom is 0.326 e. The highest BCUT2D eigenvalue weighted by Gasteiger charge is 2.22. The summed E-state index contributed by atoms with van der Waals surface area (Å²) < 4.78 is 0. The maximum absolute atomic E-state index is 11.8. The van der Waals surface area contributed by atoms with Crippen LogP contribution in [0.4, 0.5) is 0 Å². The van der Waals surface area contributed by atoms with Gasteiger partial charge in [0, 0.05) is 13.5 Å². The van der Waals surface area contributed by atoms with Crippen molar-refractivity contribution in [2.45, 2.75) is 51.1 Å². The third-order valence-electron chi connectivity index (χ3n) is 2.87. The molecule has 2 atom stereocenters. The predicted molar refractivity (Wildman–Crippen MR) is 93.7 cm³/mol. The summed E-state index contributed by atoms with van der Waals surface area (Å²) in [5.74, 6) is -2.46. The van der Waals surface area contributed by atoms with Gasteiger partial charge in [-0.15, -0.1) is 0 Å². The lowest BCUT2D eigenvalue weighted by Gasteiger charge is -2.17. The summed E-state index contributed by atoms with van der Waals surface area (Å²) in [4.78, 5) is 35.6. The monoisotopic (exact) mass is 362 g/mol. The lowest BCUT2D eigenvalue weighted by molar-refractivity contribution is -0.142. The first-order valence-electron chi connectivity index (χ1n) is 7.85. The van der Waals surface area contributed by atoms with Crippen molar-refractivity contribution in [3.8, 4) is 0 Å². The molecule has 11 N–H and O–H groups in total. The molecule has 11 nitrogen and oxygen atoms in total. The number of nitrogens with zero attached hydrogens (tertiary/aromatic N) is 1. The minimum atomic E-state index is -1.11. The number of carboxylic acids is 2. The molecule has 0 aliphatic carbocycles. The molecule has 0 radical (unpaired) electrons. The molecular weight excluding hydrogens is 332 g/mol. The Balaban J connectivity index is 0. The Labute approximate surface area is 146 Å². The zero-order valence-corrected chi connectivity index (χ0v) is 14.5. The second-order valence-corrected chi connectivity index (χ2v) is 5.26. The minimum absolute atomic E-state index is 0.0483. The highest BCUT2D eigenvalue weighted by molar-refractivity contribution is 5.86. The number of unbranched alkanes of at least 4 members (excludes halogenated alkanes) is 1. The first-order valence-corrected chi connectivity index (χ1v) is 7.85. The number of nitrogens with two attached hydrogens (primary N) is 4. The van der Waals surface area contributed by atoms with Crippen molar-refractivity contribution in [1.29, 1.82) is 0 Å². The van der Waals surface area contributed by atoms with Crippen LogP contribution >= 0.6 is 0 Å². The molecule has 0 heterocycles. The lowest BCUT2D eigenvalue weighted by atomic mass is 10.1. The molecule has 25 heavy (non-hydrogen) atoms. The number of nitrogens with one attached hydrogen (secondary N) is 1. The van der Waals surface area contributed by atoms with Crippen molar-refractivity contribution in [1.82, 2.24) is 5.32 Å². The summed E-state index contributed by atoms with van der Waals surface area (Å²) >= 11 is 0. The van der Waals surface area contributed by atoms with Gasteiger partial charge >= 0.3 is 5.97 Å². The largest absolute Gasteiger partial charge is 0.481 e. The summed E-state index contributed by atoms with van der Waals surface area (Å²) in [6.07, 6.45) is 2.66. The highest BCUT2D eigenvalue weighted by atomic mass is 16.4. The third-order valence-corrected chi connectivity index (χ3v) is 2.87. The van der Waals surface area contributed by atoms with Crippen LogP contribution in [0, 0.1) is 0 Å². The Kier molecular flexibility index (Phi) is 15.1. The van der Waals surface area contributed by atoms with Crippen LogP contribution in [0.5, 0.6) is 0 Å². The standard InChI is InChI=1S/C12H26N6O3.C2H4O2/c13-6-2-1-4-8(14)10(19)18-9(11(20)21)5-3-7-17-12(15)16;1-2(3)4/h8-9H,1-7,13-14H2,(H,18,19)(H,20,21)(H4,15,16,17);1H3,(H,3,4). The highest BCUT2D eigenvalue weighted by Crippen LogP contribution is 2.02. The molecule has 146 valence electrons. The molecule has 1 amide bonds. The topological polar surface area (TPSA) is 220 Å². The normalized spacial score (nSPS) is 12.1. The third kappa shape index (κ3) is 17.8. The lowest BCUT2D eigenvalue weighted by Crippen LogP contribution is -2.48. The number of hydrogen-bond acceptors (Lipinski definition) is 6. The number of carboxylic acid groups (broad SMARTS) is 2. The van der Waals surface area contributed by atoms with E-state index in [4.69, 9.17) is 37.9 Å². The smallest absolute Gasteiger partial charge is 0.326 e.